The molecule has 2 heterocycles. The molecule has 9 heteroatoms. The summed E-state index contributed by atoms with van der Waals surface area (Å²) in [7, 11) is 5.21. The van der Waals surface area contributed by atoms with Crippen molar-refractivity contribution in [2.24, 2.45) is 0 Å². The Hall–Kier alpha value is -4.50. The number of halogens is 1. The largest absolute Gasteiger partial charge is 0.493 e. The number of fused-ring (bicyclic) bond motifs is 1. The van der Waals surface area contributed by atoms with E-state index in [1.165, 1.54) is 17.7 Å². The number of allylic oxidation sites excluding steroid dienone is 2. The fraction of sp³-hybridized carbons (Fsp3) is 0.303. The third kappa shape index (κ3) is 6.36. The number of rotatable bonds is 10. The molecule has 2 atom stereocenters. The van der Waals surface area contributed by atoms with Crippen LogP contribution in [0.4, 0.5) is 14.9 Å². The standard InChI is InChI=1S/C33H38FN5O3/c1-38(27-9-5-4-6-10-27)33(16-7-8-17-36-33)37-32(40)35-18-20-39-19-15-25-22-30(41-2)31(42-3)23-28(25)29(39)21-24-11-13-26(34)14-12-24/h4-14,16-17,22-23,29,36H,15,18-21H2,1-3H3,(H2,35,37,40). The highest BCUT2D eigenvalue weighted by Gasteiger charge is 2.34. The molecule has 0 bridgehead atoms. The van der Waals surface area contributed by atoms with Crippen molar-refractivity contribution in [3.05, 3.63) is 114 Å². The van der Waals surface area contributed by atoms with Gasteiger partial charge in [0.25, 0.3) is 0 Å². The Morgan fingerprint density at radius 1 is 1.07 bits per heavy atom. The molecular weight excluding hydrogens is 533 g/mol. The number of methoxy groups -OCH3 is 2. The molecule has 3 aromatic rings. The van der Waals surface area contributed by atoms with Gasteiger partial charge in [-0.15, -0.1) is 0 Å². The van der Waals surface area contributed by atoms with Crippen LogP contribution >= 0.6 is 0 Å². The van der Waals surface area contributed by atoms with Gasteiger partial charge in [-0.3, -0.25) is 10.2 Å². The van der Waals surface area contributed by atoms with Crippen LogP contribution in [0.5, 0.6) is 11.5 Å². The molecule has 8 nitrogen and oxygen atoms in total. The summed E-state index contributed by atoms with van der Waals surface area (Å²) in [5.74, 6) is 0.202. The van der Waals surface area contributed by atoms with Crippen molar-refractivity contribution in [2.45, 2.75) is 24.7 Å². The predicted octanol–water partition coefficient (Wildman–Crippen LogP) is 4.75. The summed E-state index contributed by atoms with van der Waals surface area (Å²) >= 11 is 0. The van der Waals surface area contributed by atoms with Crippen LogP contribution in [0.1, 0.15) is 22.7 Å². The summed E-state index contributed by atoms with van der Waals surface area (Å²) in [5.41, 5.74) is 4.34. The lowest BCUT2D eigenvalue weighted by Crippen LogP contribution is -2.68. The van der Waals surface area contributed by atoms with E-state index >= 15 is 0 Å². The molecule has 3 aromatic carbocycles. The zero-order valence-electron chi connectivity index (χ0n) is 24.3. The van der Waals surface area contributed by atoms with Crippen molar-refractivity contribution in [1.29, 1.82) is 0 Å². The summed E-state index contributed by atoms with van der Waals surface area (Å²) in [4.78, 5) is 17.6. The van der Waals surface area contributed by atoms with E-state index < -0.39 is 5.79 Å². The van der Waals surface area contributed by atoms with Crippen LogP contribution in [0, 0.1) is 5.82 Å². The molecular formula is C33H38FN5O3. The van der Waals surface area contributed by atoms with Gasteiger partial charge in [0.15, 0.2) is 11.5 Å². The summed E-state index contributed by atoms with van der Waals surface area (Å²) in [5, 5.41) is 9.46. The van der Waals surface area contributed by atoms with Crippen molar-refractivity contribution in [1.82, 2.24) is 20.9 Å². The smallest absolute Gasteiger partial charge is 0.318 e. The number of hydrogen-bond donors (Lipinski definition) is 3. The van der Waals surface area contributed by atoms with E-state index in [4.69, 9.17) is 9.47 Å². The number of hydrogen-bond acceptors (Lipinski definition) is 6. The Labute approximate surface area is 246 Å². The van der Waals surface area contributed by atoms with Gasteiger partial charge in [-0.2, -0.15) is 0 Å². The van der Waals surface area contributed by atoms with Gasteiger partial charge in [0, 0.05) is 44.6 Å². The van der Waals surface area contributed by atoms with Crippen molar-refractivity contribution < 1.29 is 18.7 Å². The molecule has 0 spiro atoms. The number of carbonyl (C=O) groups is 1. The second-order valence-corrected chi connectivity index (χ2v) is 10.4. The highest BCUT2D eigenvalue weighted by molar-refractivity contribution is 5.76. The first-order valence-electron chi connectivity index (χ1n) is 14.1. The Balaban J connectivity index is 1.29. The number of dihydropyridines is 1. The van der Waals surface area contributed by atoms with Crippen molar-refractivity contribution >= 4 is 11.7 Å². The Morgan fingerprint density at radius 2 is 1.81 bits per heavy atom. The van der Waals surface area contributed by atoms with Crippen molar-refractivity contribution in [2.75, 3.05) is 45.8 Å². The van der Waals surface area contributed by atoms with Gasteiger partial charge in [-0.05, 0) is 78.1 Å². The highest BCUT2D eigenvalue weighted by Crippen LogP contribution is 2.39. The van der Waals surface area contributed by atoms with Crippen LogP contribution in [-0.4, -0.2) is 57.6 Å². The molecule has 0 radical (unpaired) electrons. The number of likely N-dealkylation sites (N-methyl/N-ethyl adjacent to an activating group) is 1. The van der Waals surface area contributed by atoms with Gasteiger partial charge < -0.3 is 25.0 Å². The fourth-order valence-corrected chi connectivity index (χ4v) is 5.66. The number of carbonyl (C=O) groups excluding carboxylic acids is 1. The van der Waals surface area contributed by atoms with Gasteiger partial charge in [-0.1, -0.05) is 36.4 Å². The minimum atomic E-state index is -0.926. The van der Waals surface area contributed by atoms with Gasteiger partial charge in [0.05, 0.1) is 14.2 Å². The molecule has 2 aliphatic heterocycles. The van der Waals surface area contributed by atoms with E-state index in [0.29, 0.717) is 31.0 Å². The number of nitrogens with one attached hydrogen (secondary N) is 3. The Bertz CT molecular complexity index is 1430. The molecule has 0 aliphatic carbocycles. The molecule has 2 unspecified atom stereocenters. The molecule has 0 fully saturated rings. The lowest BCUT2D eigenvalue weighted by atomic mass is 9.88. The topological polar surface area (TPSA) is 78.1 Å². The Morgan fingerprint density at radius 3 is 2.50 bits per heavy atom. The van der Waals surface area contributed by atoms with E-state index in [-0.39, 0.29) is 17.9 Å². The van der Waals surface area contributed by atoms with Crippen LogP contribution in [0.25, 0.3) is 0 Å². The minimum absolute atomic E-state index is 0.0208. The monoisotopic (exact) mass is 571 g/mol. The molecule has 0 saturated heterocycles. The van der Waals surface area contributed by atoms with Crippen LogP contribution in [0.2, 0.25) is 0 Å². The zero-order valence-corrected chi connectivity index (χ0v) is 24.3. The molecule has 5 rings (SSSR count). The van der Waals surface area contributed by atoms with E-state index in [2.05, 4.69) is 26.9 Å². The molecule has 0 aromatic heterocycles. The lowest BCUT2D eigenvalue weighted by Gasteiger charge is -2.42. The summed E-state index contributed by atoms with van der Waals surface area (Å²) < 4.78 is 24.8. The zero-order chi connectivity index (χ0) is 29.5. The molecule has 0 saturated carbocycles. The molecule has 42 heavy (non-hydrogen) atoms. The average molecular weight is 572 g/mol. The molecule has 220 valence electrons. The number of amides is 2. The third-order valence-corrected chi connectivity index (χ3v) is 7.97. The minimum Gasteiger partial charge on any atom is -0.493 e. The van der Waals surface area contributed by atoms with E-state index in [1.54, 1.807) is 14.2 Å². The summed E-state index contributed by atoms with van der Waals surface area (Å²) in [6.45, 7) is 1.89. The average Bonchev–Trinajstić information content (AvgIpc) is 3.02. The van der Waals surface area contributed by atoms with Crippen LogP contribution < -0.4 is 30.3 Å². The number of para-hydroxylation sites is 1. The second-order valence-electron chi connectivity index (χ2n) is 10.4. The Kier molecular flexibility index (Phi) is 8.97. The lowest BCUT2D eigenvalue weighted by molar-refractivity contribution is 0.181. The van der Waals surface area contributed by atoms with E-state index in [1.807, 2.05) is 84.9 Å². The van der Waals surface area contributed by atoms with E-state index in [9.17, 15) is 9.18 Å². The number of anilines is 1. The number of benzene rings is 3. The summed E-state index contributed by atoms with van der Waals surface area (Å²) in [6, 6.07) is 20.4. The maximum absolute atomic E-state index is 13.6. The highest BCUT2D eigenvalue weighted by atomic mass is 19.1. The predicted molar refractivity (Wildman–Crippen MR) is 163 cm³/mol. The first-order chi connectivity index (χ1) is 20.4. The first-order valence-corrected chi connectivity index (χ1v) is 14.1. The van der Waals surface area contributed by atoms with Gasteiger partial charge in [0.1, 0.15) is 5.82 Å². The maximum Gasteiger partial charge on any atom is 0.318 e. The third-order valence-electron chi connectivity index (χ3n) is 7.97. The first kappa shape index (κ1) is 29.0. The fourth-order valence-electron chi connectivity index (χ4n) is 5.66. The van der Waals surface area contributed by atoms with Gasteiger partial charge in [-0.25, -0.2) is 9.18 Å². The summed E-state index contributed by atoms with van der Waals surface area (Å²) in [6.07, 6.45) is 9.06. The molecule has 2 amide bonds. The van der Waals surface area contributed by atoms with E-state index in [0.717, 1.165) is 29.8 Å². The van der Waals surface area contributed by atoms with Crippen molar-refractivity contribution in [3.8, 4) is 11.5 Å². The second kappa shape index (κ2) is 13.0. The quantitative estimate of drug-likeness (QED) is 0.305. The van der Waals surface area contributed by atoms with Gasteiger partial charge in [0.2, 0.25) is 5.79 Å². The SMILES string of the molecule is COc1cc2c(cc1OC)C(Cc1ccc(F)cc1)N(CCNC(=O)NC1(N(C)c3ccccc3)C=CC=CN1)CC2. The number of urea groups is 1. The van der Waals surface area contributed by atoms with Crippen LogP contribution in [-0.2, 0) is 12.8 Å². The molecule has 2 aliphatic rings. The maximum atomic E-state index is 13.6. The number of nitrogens with zero attached hydrogens (tertiary/aromatic N) is 2. The van der Waals surface area contributed by atoms with Crippen LogP contribution in [0.3, 0.4) is 0 Å². The van der Waals surface area contributed by atoms with Gasteiger partial charge >= 0.3 is 6.03 Å². The number of ether oxygens (including phenoxy) is 2. The van der Waals surface area contributed by atoms with Crippen molar-refractivity contribution in [3.63, 3.8) is 0 Å². The van der Waals surface area contributed by atoms with Crippen LogP contribution in [0.15, 0.2) is 91.2 Å². The normalized spacial score (nSPS) is 19.4. The molecule has 3 N–H and O–H groups in total.